The van der Waals surface area contributed by atoms with Crippen molar-refractivity contribution in [3.05, 3.63) is 54.2 Å². The normalized spacial score (nSPS) is 11.6. The van der Waals surface area contributed by atoms with Gasteiger partial charge in [0.15, 0.2) is 5.58 Å². The van der Waals surface area contributed by atoms with Crippen molar-refractivity contribution in [1.29, 1.82) is 0 Å². The van der Waals surface area contributed by atoms with Gasteiger partial charge in [0.2, 0.25) is 0 Å². The zero-order valence-corrected chi connectivity index (χ0v) is 9.97. The molecule has 2 aromatic carbocycles. The molecule has 4 rings (SSSR count). The Kier molecular flexibility index (Phi) is 1.78. The minimum Gasteiger partial charge on any atom is -0.454 e. The Morgan fingerprint density at radius 3 is 2.67 bits per heavy atom. The van der Waals surface area contributed by atoms with Crippen LogP contribution in [-0.4, -0.2) is 4.98 Å². The second-order valence-electron chi connectivity index (χ2n) is 4.57. The molecular formula is C16H11NO. The summed E-state index contributed by atoms with van der Waals surface area (Å²) >= 11 is 0. The minimum absolute atomic E-state index is 0.850. The first kappa shape index (κ1) is 9.66. The molecule has 0 aliphatic rings. The molecule has 86 valence electrons. The number of nitrogens with zero attached hydrogens (tertiary/aromatic N) is 1. The largest absolute Gasteiger partial charge is 0.454 e. The molecule has 0 aliphatic heterocycles. The predicted octanol–water partition coefficient (Wildman–Crippen LogP) is 4.44. The maximum Gasteiger partial charge on any atom is 0.153 e. The molecule has 2 heterocycles. The number of aryl methyl sites for hydroxylation is 1. The molecule has 4 aromatic rings. The molecule has 0 N–H and O–H groups in total. The smallest absolute Gasteiger partial charge is 0.153 e. The van der Waals surface area contributed by atoms with E-state index < -0.39 is 0 Å². The van der Waals surface area contributed by atoms with E-state index in [1.54, 1.807) is 0 Å². The van der Waals surface area contributed by atoms with Crippen LogP contribution in [0.4, 0.5) is 0 Å². The number of benzene rings is 2. The second kappa shape index (κ2) is 3.33. The highest BCUT2D eigenvalue weighted by atomic mass is 16.3. The maximum atomic E-state index is 5.96. The van der Waals surface area contributed by atoms with Crippen molar-refractivity contribution in [1.82, 2.24) is 4.98 Å². The van der Waals surface area contributed by atoms with E-state index in [2.05, 4.69) is 36.2 Å². The van der Waals surface area contributed by atoms with Crippen LogP contribution in [0.2, 0.25) is 0 Å². The summed E-state index contributed by atoms with van der Waals surface area (Å²) in [5, 5.41) is 3.50. The van der Waals surface area contributed by atoms with Gasteiger partial charge in [-0.25, -0.2) is 0 Å². The quantitative estimate of drug-likeness (QED) is 0.448. The van der Waals surface area contributed by atoms with Crippen LogP contribution >= 0.6 is 0 Å². The standard InChI is InChI=1S/C16H11NO/c1-10-9-13-15-14(7-4-8-17-15)18-16(13)12-6-3-2-5-11(10)12/h2-9H,1H3. The number of furan rings is 1. The Morgan fingerprint density at radius 1 is 0.944 bits per heavy atom. The Balaban J connectivity index is 2.36. The number of pyridine rings is 1. The van der Waals surface area contributed by atoms with E-state index in [-0.39, 0.29) is 0 Å². The van der Waals surface area contributed by atoms with E-state index in [1.807, 2.05) is 24.4 Å². The summed E-state index contributed by atoms with van der Waals surface area (Å²) in [4.78, 5) is 4.42. The van der Waals surface area contributed by atoms with Gasteiger partial charge in [-0.3, -0.25) is 4.98 Å². The second-order valence-corrected chi connectivity index (χ2v) is 4.57. The van der Waals surface area contributed by atoms with Crippen LogP contribution < -0.4 is 0 Å². The van der Waals surface area contributed by atoms with E-state index >= 15 is 0 Å². The number of rotatable bonds is 0. The Hall–Kier alpha value is -2.35. The highest BCUT2D eigenvalue weighted by Gasteiger charge is 2.11. The van der Waals surface area contributed by atoms with Gasteiger partial charge >= 0.3 is 0 Å². The molecule has 0 radical (unpaired) electrons. The molecule has 2 heteroatoms. The lowest BCUT2D eigenvalue weighted by Gasteiger charge is -2.02. The van der Waals surface area contributed by atoms with Gasteiger partial charge < -0.3 is 4.42 Å². The Labute approximate surface area is 104 Å². The molecule has 2 nitrogen and oxygen atoms in total. The zero-order valence-electron chi connectivity index (χ0n) is 9.97. The number of hydrogen-bond acceptors (Lipinski definition) is 2. The minimum atomic E-state index is 0.850. The average molecular weight is 233 g/mol. The van der Waals surface area contributed by atoms with Gasteiger partial charge in [0.1, 0.15) is 11.1 Å². The van der Waals surface area contributed by atoms with Crippen LogP contribution in [0.5, 0.6) is 0 Å². The van der Waals surface area contributed by atoms with Crippen LogP contribution in [0.15, 0.2) is 53.1 Å². The predicted molar refractivity (Wildman–Crippen MR) is 73.8 cm³/mol. The first-order valence-electron chi connectivity index (χ1n) is 6.00. The summed E-state index contributed by atoms with van der Waals surface area (Å²) in [7, 11) is 0. The van der Waals surface area contributed by atoms with Gasteiger partial charge in [0.25, 0.3) is 0 Å². The molecule has 0 atom stereocenters. The molecule has 0 aliphatic carbocycles. The monoisotopic (exact) mass is 233 g/mol. The van der Waals surface area contributed by atoms with E-state index in [1.165, 1.54) is 10.9 Å². The molecular weight excluding hydrogens is 222 g/mol. The summed E-state index contributed by atoms with van der Waals surface area (Å²) in [5.74, 6) is 0. The summed E-state index contributed by atoms with van der Waals surface area (Å²) in [5.41, 5.74) is 3.99. The van der Waals surface area contributed by atoms with E-state index in [9.17, 15) is 0 Å². The van der Waals surface area contributed by atoms with Crippen molar-refractivity contribution >= 4 is 32.8 Å². The third kappa shape index (κ3) is 1.15. The highest BCUT2D eigenvalue weighted by Crippen LogP contribution is 2.34. The molecule has 0 unspecified atom stereocenters. The third-order valence-corrected chi connectivity index (χ3v) is 3.44. The van der Waals surface area contributed by atoms with Crippen LogP contribution in [0.1, 0.15) is 5.56 Å². The first-order valence-corrected chi connectivity index (χ1v) is 6.00. The van der Waals surface area contributed by atoms with Gasteiger partial charge in [0, 0.05) is 17.0 Å². The fourth-order valence-corrected chi connectivity index (χ4v) is 2.60. The average Bonchev–Trinajstić information content (AvgIpc) is 2.78. The molecule has 18 heavy (non-hydrogen) atoms. The number of fused-ring (bicyclic) bond motifs is 5. The summed E-state index contributed by atoms with van der Waals surface area (Å²) < 4.78 is 5.96. The SMILES string of the molecule is Cc1cc2c3ncccc3oc2c2ccccc12. The lowest BCUT2D eigenvalue weighted by atomic mass is 10.0. The number of hydrogen-bond donors (Lipinski definition) is 0. The van der Waals surface area contributed by atoms with Crippen molar-refractivity contribution in [2.45, 2.75) is 6.92 Å². The Bertz CT molecular complexity index is 889. The zero-order chi connectivity index (χ0) is 12.1. The summed E-state index contributed by atoms with van der Waals surface area (Å²) in [6, 6.07) is 14.4. The highest BCUT2D eigenvalue weighted by molar-refractivity contribution is 6.14. The van der Waals surface area contributed by atoms with Gasteiger partial charge in [0.05, 0.1) is 0 Å². The molecule has 2 aromatic heterocycles. The van der Waals surface area contributed by atoms with Gasteiger partial charge in [-0.05, 0) is 36.1 Å². The summed E-state index contributed by atoms with van der Waals surface area (Å²) in [6.07, 6.45) is 1.81. The molecule has 0 spiro atoms. The first-order chi connectivity index (χ1) is 8.84. The third-order valence-electron chi connectivity index (χ3n) is 3.44. The van der Waals surface area contributed by atoms with Crippen LogP contribution in [0.25, 0.3) is 32.8 Å². The lowest BCUT2D eigenvalue weighted by molar-refractivity contribution is 0.672. The molecule has 0 amide bonds. The molecule has 0 saturated heterocycles. The molecule has 0 bridgehead atoms. The van der Waals surface area contributed by atoms with Crippen molar-refractivity contribution < 1.29 is 4.42 Å². The van der Waals surface area contributed by atoms with Gasteiger partial charge in [-0.1, -0.05) is 24.3 Å². The molecule has 0 fully saturated rings. The van der Waals surface area contributed by atoms with Crippen molar-refractivity contribution in [2.24, 2.45) is 0 Å². The van der Waals surface area contributed by atoms with Gasteiger partial charge in [-0.15, -0.1) is 0 Å². The van der Waals surface area contributed by atoms with Gasteiger partial charge in [-0.2, -0.15) is 0 Å². The van der Waals surface area contributed by atoms with E-state index in [4.69, 9.17) is 4.42 Å². The van der Waals surface area contributed by atoms with Crippen molar-refractivity contribution in [3.8, 4) is 0 Å². The van der Waals surface area contributed by atoms with Crippen LogP contribution in [0.3, 0.4) is 0 Å². The topological polar surface area (TPSA) is 26.0 Å². The fourth-order valence-electron chi connectivity index (χ4n) is 2.60. The molecule has 0 saturated carbocycles. The fraction of sp³-hybridized carbons (Fsp3) is 0.0625. The van der Waals surface area contributed by atoms with E-state index in [0.29, 0.717) is 0 Å². The summed E-state index contributed by atoms with van der Waals surface area (Å²) in [6.45, 7) is 2.13. The van der Waals surface area contributed by atoms with Crippen LogP contribution in [-0.2, 0) is 0 Å². The Morgan fingerprint density at radius 2 is 1.78 bits per heavy atom. The lowest BCUT2D eigenvalue weighted by Crippen LogP contribution is -1.79. The number of aromatic nitrogens is 1. The maximum absolute atomic E-state index is 5.96. The van der Waals surface area contributed by atoms with Crippen molar-refractivity contribution in [3.63, 3.8) is 0 Å². The van der Waals surface area contributed by atoms with Crippen LogP contribution in [0, 0.1) is 6.92 Å². The van der Waals surface area contributed by atoms with E-state index in [0.717, 1.165) is 27.5 Å². The van der Waals surface area contributed by atoms with Crippen molar-refractivity contribution in [2.75, 3.05) is 0 Å².